The van der Waals surface area contributed by atoms with Gasteiger partial charge in [0.25, 0.3) is 0 Å². The van der Waals surface area contributed by atoms with Gasteiger partial charge in [0, 0.05) is 20.0 Å². The van der Waals surface area contributed by atoms with Gasteiger partial charge in [-0.1, -0.05) is 66.7 Å². The highest BCUT2D eigenvalue weighted by molar-refractivity contribution is 5.90. The fourth-order valence-electron chi connectivity index (χ4n) is 3.68. The second-order valence-corrected chi connectivity index (χ2v) is 7.00. The summed E-state index contributed by atoms with van der Waals surface area (Å²) in [4.78, 5) is 14.6. The maximum atomic E-state index is 12.7. The molecule has 3 aromatic carbocycles. The van der Waals surface area contributed by atoms with Gasteiger partial charge >= 0.3 is 0 Å². The van der Waals surface area contributed by atoms with Crippen LogP contribution in [0.1, 0.15) is 16.7 Å². The predicted molar refractivity (Wildman–Crippen MR) is 104 cm³/mol. The monoisotopic (exact) mass is 345 g/mol. The van der Waals surface area contributed by atoms with E-state index in [1.807, 2.05) is 37.4 Å². The molecule has 0 aromatic heterocycles. The third-order valence-corrected chi connectivity index (χ3v) is 5.17. The van der Waals surface area contributed by atoms with E-state index in [1.165, 1.54) is 16.5 Å². The van der Waals surface area contributed by atoms with Crippen molar-refractivity contribution in [3.8, 4) is 0 Å². The van der Waals surface area contributed by atoms with Crippen molar-refractivity contribution in [1.29, 1.82) is 0 Å². The number of nitrogens with zero attached hydrogens (tertiary/aromatic N) is 1. The molecule has 1 heterocycles. The molecule has 0 aliphatic carbocycles. The molecule has 1 unspecified atom stereocenters. The fraction of sp³-hybridized carbons (Fsp3) is 0.261. The van der Waals surface area contributed by atoms with Crippen molar-refractivity contribution >= 4 is 16.7 Å². The molecule has 1 aliphatic rings. The minimum absolute atomic E-state index is 0.0615. The van der Waals surface area contributed by atoms with Crippen LogP contribution in [0.15, 0.2) is 66.7 Å². The second-order valence-electron chi connectivity index (χ2n) is 7.00. The van der Waals surface area contributed by atoms with Crippen molar-refractivity contribution in [3.05, 3.63) is 83.4 Å². The molecule has 1 aliphatic heterocycles. The molecule has 0 bridgehead atoms. The summed E-state index contributed by atoms with van der Waals surface area (Å²) < 4.78 is 5.95. The highest BCUT2D eigenvalue weighted by Crippen LogP contribution is 2.22. The lowest BCUT2D eigenvalue weighted by atomic mass is 9.98. The summed E-state index contributed by atoms with van der Waals surface area (Å²) in [6.45, 7) is 1.25. The summed E-state index contributed by atoms with van der Waals surface area (Å²) in [5.74, 6) is 0.129. The van der Waals surface area contributed by atoms with Crippen molar-refractivity contribution in [2.24, 2.45) is 0 Å². The molecule has 3 heteroatoms. The van der Waals surface area contributed by atoms with E-state index in [2.05, 4.69) is 36.4 Å². The maximum absolute atomic E-state index is 12.7. The largest absolute Gasteiger partial charge is 0.371 e. The maximum Gasteiger partial charge on any atom is 0.226 e. The summed E-state index contributed by atoms with van der Waals surface area (Å²) in [6.07, 6.45) is 1.34. The fourth-order valence-corrected chi connectivity index (χ4v) is 3.68. The summed E-state index contributed by atoms with van der Waals surface area (Å²) in [5.41, 5.74) is 3.67. The Morgan fingerprint density at radius 2 is 1.73 bits per heavy atom. The minimum Gasteiger partial charge on any atom is -0.371 e. The van der Waals surface area contributed by atoms with Crippen LogP contribution in [0, 0.1) is 0 Å². The van der Waals surface area contributed by atoms with Crippen molar-refractivity contribution in [2.45, 2.75) is 25.6 Å². The summed E-state index contributed by atoms with van der Waals surface area (Å²) >= 11 is 0. The van der Waals surface area contributed by atoms with Gasteiger partial charge in [-0.3, -0.25) is 4.79 Å². The van der Waals surface area contributed by atoms with Crippen molar-refractivity contribution in [1.82, 2.24) is 4.90 Å². The van der Waals surface area contributed by atoms with Crippen LogP contribution in [0.2, 0.25) is 0 Å². The number of amides is 1. The molecule has 0 radical (unpaired) electrons. The molecular weight excluding hydrogens is 322 g/mol. The first-order chi connectivity index (χ1) is 12.7. The number of likely N-dealkylation sites (N-methyl/N-ethyl adjacent to an activating group) is 1. The third kappa shape index (κ3) is 3.49. The molecule has 0 saturated carbocycles. The van der Waals surface area contributed by atoms with Crippen LogP contribution in [0.3, 0.4) is 0 Å². The first-order valence-corrected chi connectivity index (χ1v) is 9.09. The quantitative estimate of drug-likeness (QED) is 0.716. The molecule has 1 atom stereocenters. The summed E-state index contributed by atoms with van der Waals surface area (Å²) in [7, 11) is 1.87. The zero-order chi connectivity index (χ0) is 17.9. The van der Waals surface area contributed by atoms with Gasteiger partial charge in [-0.15, -0.1) is 0 Å². The number of benzene rings is 3. The first-order valence-electron chi connectivity index (χ1n) is 9.09. The first kappa shape index (κ1) is 16.8. The summed E-state index contributed by atoms with van der Waals surface area (Å²) in [6, 6.07) is 22.7. The molecule has 3 aromatic rings. The molecule has 26 heavy (non-hydrogen) atoms. The van der Waals surface area contributed by atoms with E-state index in [1.54, 1.807) is 4.90 Å². The van der Waals surface area contributed by atoms with E-state index in [0.29, 0.717) is 19.6 Å². The highest BCUT2D eigenvalue weighted by Gasteiger charge is 2.22. The number of ether oxygens (including phenoxy) is 1. The topological polar surface area (TPSA) is 29.5 Å². The molecule has 4 rings (SSSR count). The van der Waals surface area contributed by atoms with Crippen molar-refractivity contribution in [3.63, 3.8) is 0 Å². The second kappa shape index (κ2) is 7.30. The standard InChI is InChI=1S/C23H23NO2/c1-24(15-21-13-18-8-2-3-9-20(18)16-26-21)23(25)14-19-11-6-10-17-7-4-5-12-22(17)19/h2-12,21H,13-16H2,1H3. The number of hydrogen-bond donors (Lipinski definition) is 0. The van der Waals surface area contributed by atoms with Crippen LogP contribution in [0.25, 0.3) is 10.8 Å². The molecule has 0 N–H and O–H groups in total. The number of carbonyl (C=O) groups is 1. The van der Waals surface area contributed by atoms with Crippen molar-refractivity contribution < 1.29 is 9.53 Å². The summed E-state index contributed by atoms with van der Waals surface area (Å²) in [5, 5.41) is 2.33. The zero-order valence-electron chi connectivity index (χ0n) is 15.0. The van der Waals surface area contributed by atoms with E-state index >= 15 is 0 Å². The van der Waals surface area contributed by atoms with Crippen LogP contribution < -0.4 is 0 Å². The lowest BCUT2D eigenvalue weighted by Crippen LogP contribution is -2.38. The van der Waals surface area contributed by atoms with E-state index in [0.717, 1.165) is 17.4 Å². The SMILES string of the molecule is CN(CC1Cc2ccccc2CO1)C(=O)Cc1cccc2ccccc12. The van der Waals surface area contributed by atoms with Crippen LogP contribution >= 0.6 is 0 Å². The Kier molecular flexibility index (Phi) is 4.72. The van der Waals surface area contributed by atoms with Crippen LogP contribution in [-0.4, -0.2) is 30.5 Å². The lowest BCUT2D eigenvalue weighted by Gasteiger charge is -2.29. The van der Waals surface area contributed by atoms with E-state index in [9.17, 15) is 4.79 Å². The Morgan fingerprint density at radius 1 is 1.00 bits per heavy atom. The van der Waals surface area contributed by atoms with Gasteiger partial charge in [0.2, 0.25) is 5.91 Å². The molecule has 0 spiro atoms. The Bertz CT molecular complexity index is 929. The van der Waals surface area contributed by atoms with Gasteiger partial charge in [0.15, 0.2) is 0 Å². The van der Waals surface area contributed by atoms with Gasteiger partial charge in [-0.2, -0.15) is 0 Å². The number of carbonyl (C=O) groups excluding carboxylic acids is 1. The average molecular weight is 345 g/mol. The average Bonchev–Trinajstić information content (AvgIpc) is 2.68. The number of fused-ring (bicyclic) bond motifs is 2. The Morgan fingerprint density at radius 3 is 2.62 bits per heavy atom. The minimum atomic E-state index is 0.0615. The molecule has 0 saturated heterocycles. The molecule has 1 amide bonds. The van der Waals surface area contributed by atoms with Gasteiger partial charge in [-0.05, 0) is 27.5 Å². The third-order valence-electron chi connectivity index (χ3n) is 5.17. The zero-order valence-corrected chi connectivity index (χ0v) is 15.0. The Labute approximate surface area is 154 Å². The van der Waals surface area contributed by atoms with E-state index < -0.39 is 0 Å². The van der Waals surface area contributed by atoms with Crippen LogP contribution in [-0.2, 0) is 29.0 Å². The van der Waals surface area contributed by atoms with E-state index in [4.69, 9.17) is 4.74 Å². The van der Waals surface area contributed by atoms with Gasteiger partial charge in [0.05, 0.1) is 19.1 Å². The molecule has 0 fully saturated rings. The lowest BCUT2D eigenvalue weighted by molar-refractivity contribution is -0.131. The molecule has 132 valence electrons. The molecule has 3 nitrogen and oxygen atoms in total. The van der Waals surface area contributed by atoms with Gasteiger partial charge in [-0.25, -0.2) is 0 Å². The number of hydrogen-bond acceptors (Lipinski definition) is 2. The van der Waals surface area contributed by atoms with Crippen LogP contribution in [0.4, 0.5) is 0 Å². The van der Waals surface area contributed by atoms with Crippen molar-refractivity contribution in [2.75, 3.05) is 13.6 Å². The normalized spacial score (nSPS) is 16.3. The smallest absolute Gasteiger partial charge is 0.226 e. The van der Waals surface area contributed by atoms with E-state index in [-0.39, 0.29) is 12.0 Å². The predicted octanol–water partition coefficient (Wildman–Crippen LogP) is 3.98. The van der Waals surface area contributed by atoms with Gasteiger partial charge in [0.1, 0.15) is 0 Å². The highest BCUT2D eigenvalue weighted by atomic mass is 16.5. The Hall–Kier alpha value is -2.65. The van der Waals surface area contributed by atoms with Crippen LogP contribution in [0.5, 0.6) is 0 Å². The van der Waals surface area contributed by atoms with Gasteiger partial charge < -0.3 is 9.64 Å². The molecular formula is C23H23NO2. The number of rotatable bonds is 4. The Balaban J connectivity index is 1.42.